The van der Waals surface area contributed by atoms with Gasteiger partial charge in [-0.25, -0.2) is 0 Å². The first-order valence-electron chi connectivity index (χ1n) is 5.10. The number of alkyl halides is 1. The van der Waals surface area contributed by atoms with E-state index in [0.717, 1.165) is 12.5 Å². The van der Waals surface area contributed by atoms with E-state index in [0.29, 0.717) is 11.4 Å². The third kappa shape index (κ3) is 3.99. The van der Waals surface area contributed by atoms with Crippen molar-refractivity contribution in [1.82, 2.24) is 0 Å². The summed E-state index contributed by atoms with van der Waals surface area (Å²) in [5.41, 5.74) is 0.632. The molecule has 0 N–H and O–H groups in total. The van der Waals surface area contributed by atoms with Crippen molar-refractivity contribution in [2.24, 2.45) is 0 Å². The quantitative estimate of drug-likeness (QED) is 0.384. The zero-order valence-corrected chi connectivity index (χ0v) is 11.1. The second-order valence-electron chi connectivity index (χ2n) is 3.89. The van der Waals surface area contributed by atoms with E-state index in [1.54, 1.807) is 0 Å². The predicted octanol–water partition coefficient (Wildman–Crippen LogP) is 4.87. The van der Waals surface area contributed by atoms with Gasteiger partial charge >= 0.3 is 0 Å². The largest absolute Gasteiger partial charge is 0.254 e. The van der Waals surface area contributed by atoms with Gasteiger partial charge in [0.1, 0.15) is 0 Å². The smallest absolute Gasteiger partial charge is 0.146 e. The van der Waals surface area contributed by atoms with Crippen molar-refractivity contribution < 1.29 is 0 Å². The Morgan fingerprint density at radius 3 is 2.23 bits per heavy atom. The van der Waals surface area contributed by atoms with Gasteiger partial charge < -0.3 is 0 Å². The summed E-state index contributed by atoms with van der Waals surface area (Å²) < 4.78 is 0. The molecule has 0 saturated heterocycles. The molecular formula is C9H17Cl3Si. The van der Waals surface area contributed by atoms with E-state index >= 15 is 0 Å². The molecule has 0 unspecified atom stereocenters. The van der Waals surface area contributed by atoms with Crippen LogP contribution in [0, 0.1) is 0 Å². The molecule has 1 fully saturated rings. The number of hydrogen-bond donors (Lipinski definition) is 0. The Kier molecular flexibility index (Phi) is 5.47. The number of halogens is 3. The van der Waals surface area contributed by atoms with Gasteiger partial charge in [0.25, 0.3) is 6.69 Å². The van der Waals surface area contributed by atoms with Crippen molar-refractivity contribution in [2.45, 2.75) is 50.1 Å². The third-order valence-electron chi connectivity index (χ3n) is 2.85. The van der Waals surface area contributed by atoms with E-state index in [9.17, 15) is 0 Å². The summed E-state index contributed by atoms with van der Waals surface area (Å²) in [4.78, 5) is 0. The average molecular weight is 260 g/mol. The maximum absolute atomic E-state index is 6.44. The van der Waals surface area contributed by atoms with Crippen LogP contribution in [0.5, 0.6) is 0 Å². The maximum Gasteiger partial charge on any atom is 0.254 e. The molecule has 0 aromatic heterocycles. The molecule has 1 rings (SSSR count). The lowest BCUT2D eigenvalue weighted by atomic mass is 10.0. The fourth-order valence-corrected chi connectivity index (χ4v) is 6.81. The Bertz CT molecular complexity index is 144. The highest BCUT2D eigenvalue weighted by molar-refractivity contribution is 7.46. The number of rotatable bonds is 4. The summed E-state index contributed by atoms with van der Waals surface area (Å²) in [5, 5.41) is 0. The van der Waals surface area contributed by atoms with Crippen LogP contribution in [0.2, 0.25) is 11.6 Å². The van der Waals surface area contributed by atoms with Crippen molar-refractivity contribution in [1.29, 1.82) is 0 Å². The van der Waals surface area contributed by atoms with Crippen molar-refractivity contribution >= 4 is 40.5 Å². The van der Waals surface area contributed by atoms with Crippen molar-refractivity contribution in [3.05, 3.63) is 0 Å². The summed E-state index contributed by atoms with van der Waals surface area (Å²) in [6.07, 6.45) is 7.49. The van der Waals surface area contributed by atoms with Crippen molar-refractivity contribution in [3.8, 4) is 0 Å². The van der Waals surface area contributed by atoms with E-state index < -0.39 is 6.69 Å². The van der Waals surface area contributed by atoms with E-state index in [1.807, 2.05) is 0 Å². The topological polar surface area (TPSA) is 0 Å². The molecule has 0 aromatic carbocycles. The molecule has 0 amide bonds. The van der Waals surface area contributed by atoms with Gasteiger partial charge in [-0.15, -0.1) is 33.8 Å². The molecule has 0 aromatic rings. The van der Waals surface area contributed by atoms with Gasteiger partial charge in [0.05, 0.1) is 0 Å². The zero-order valence-electron chi connectivity index (χ0n) is 7.87. The Labute approximate surface area is 96.4 Å². The Hall–Kier alpha value is 1.09. The lowest BCUT2D eigenvalue weighted by molar-refractivity contribution is 0.496. The highest BCUT2D eigenvalue weighted by Gasteiger charge is 2.38. The van der Waals surface area contributed by atoms with Gasteiger partial charge in [0.15, 0.2) is 0 Å². The van der Waals surface area contributed by atoms with Crippen LogP contribution in [0.1, 0.15) is 38.5 Å². The van der Waals surface area contributed by atoms with Crippen LogP contribution < -0.4 is 0 Å². The van der Waals surface area contributed by atoms with Crippen molar-refractivity contribution in [2.75, 3.05) is 5.88 Å². The summed E-state index contributed by atoms with van der Waals surface area (Å²) in [5.74, 6) is 0.695. The molecule has 0 heterocycles. The molecule has 13 heavy (non-hydrogen) atoms. The van der Waals surface area contributed by atoms with Gasteiger partial charge in [-0.05, 0) is 18.0 Å². The molecular weight excluding hydrogens is 243 g/mol. The fraction of sp³-hybridized carbons (Fsp3) is 1.00. The highest BCUT2D eigenvalue weighted by Crippen LogP contribution is 2.44. The van der Waals surface area contributed by atoms with Crippen LogP contribution in [-0.2, 0) is 0 Å². The van der Waals surface area contributed by atoms with E-state index in [2.05, 4.69) is 0 Å². The maximum atomic E-state index is 6.44. The molecule has 4 heteroatoms. The summed E-state index contributed by atoms with van der Waals surface area (Å²) >= 11 is 18.5. The van der Waals surface area contributed by atoms with Gasteiger partial charge in [-0.3, -0.25) is 0 Å². The minimum Gasteiger partial charge on any atom is -0.146 e. The minimum absolute atomic E-state index is 0.632. The Balaban J connectivity index is 2.36. The van der Waals surface area contributed by atoms with Crippen LogP contribution in [0.3, 0.4) is 0 Å². The second-order valence-corrected chi connectivity index (χ2v) is 11.7. The molecule has 0 aliphatic heterocycles. The summed E-state index contributed by atoms with van der Waals surface area (Å²) in [6.45, 7) is -1.96. The molecule has 1 saturated carbocycles. The van der Waals surface area contributed by atoms with Crippen LogP contribution in [0.4, 0.5) is 0 Å². The first-order chi connectivity index (χ1) is 6.17. The van der Waals surface area contributed by atoms with Crippen LogP contribution in [0.15, 0.2) is 0 Å². The average Bonchev–Trinajstić information content (AvgIpc) is 2.16. The lowest BCUT2D eigenvalue weighted by Crippen LogP contribution is -2.28. The minimum atomic E-state index is -1.96. The monoisotopic (exact) mass is 258 g/mol. The fourth-order valence-electron chi connectivity index (χ4n) is 2.03. The lowest BCUT2D eigenvalue weighted by Gasteiger charge is -2.30. The van der Waals surface area contributed by atoms with Gasteiger partial charge in [-0.2, -0.15) is 0 Å². The Morgan fingerprint density at radius 1 is 1.08 bits per heavy atom. The van der Waals surface area contributed by atoms with E-state index in [1.165, 1.54) is 32.1 Å². The van der Waals surface area contributed by atoms with E-state index in [-0.39, 0.29) is 0 Å². The summed E-state index contributed by atoms with van der Waals surface area (Å²) in [6, 6.07) is 0.976. The summed E-state index contributed by atoms with van der Waals surface area (Å²) in [7, 11) is 0. The second kappa shape index (κ2) is 5.84. The third-order valence-corrected chi connectivity index (χ3v) is 8.89. The first-order valence-corrected chi connectivity index (χ1v) is 9.95. The molecule has 0 bridgehead atoms. The molecule has 1 aliphatic carbocycles. The van der Waals surface area contributed by atoms with Gasteiger partial charge in [-0.1, -0.05) is 32.1 Å². The predicted molar refractivity (Wildman–Crippen MR) is 64.4 cm³/mol. The molecule has 0 nitrogen and oxygen atoms in total. The van der Waals surface area contributed by atoms with E-state index in [4.69, 9.17) is 33.8 Å². The van der Waals surface area contributed by atoms with Crippen LogP contribution in [-0.4, -0.2) is 12.6 Å². The van der Waals surface area contributed by atoms with Gasteiger partial charge in [0, 0.05) is 5.88 Å². The Morgan fingerprint density at radius 2 is 1.69 bits per heavy atom. The van der Waals surface area contributed by atoms with Crippen molar-refractivity contribution in [3.63, 3.8) is 0 Å². The standard InChI is InChI=1S/C9H17Cl3Si/c10-7-4-8-13(11,12)9-5-2-1-3-6-9/h9H,1-8H2. The van der Waals surface area contributed by atoms with Gasteiger partial charge in [0.2, 0.25) is 0 Å². The normalized spacial score (nSPS) is 20.5. The first kappa shape index (κ1) is 12.2. The number of hydrogen-bond acceptors (Lipinski definition) is 0. The van der Waals surface area contributed by atoms with Crippen LogP contribution >= 0.6 is 33.8 Å². The SMILES string of the molecule is ClCCC[Si](Cl)(Cl)C1CCCCC1. The molecule has 0 atom stereocenters. The zero-order chi connectivity index (χ0) is 9.73. The molecule has 1 aliphatic rings. The molecule has 0 spiro atoms. The molecule has 78 valence electrons. The van der Waals surface area contributed by atoms with Crippen LogP contribution in [0.25, 0.3) is 0 Å². The highest BCUT2D eigenvalue weighted by atomic mass is 35.7. The molecule has 0 radical (unpaired) electrons.